The third-order valence-corrected chi connectivity index (χ3v) is 2.40. The van der Waals surface area contributed by atoms with E-state index in [2.05, 4.69) is 20.4 Å². The number of rotatable bonds is 4. The zero-order valence-electron chi connectivity index (χ0n) is 10.8. The van der Waals surface area contributed by atoms with E-state index in [-0.39, 0.29) is 12.4 Å². The van der Waals surface area contributed by atoms with Gasteiger partial charge < -0.3 is 10.1 Å². The molecule has 0 aliphatic rings. The van der Waals surface area contributed by atoms with Crippen LogP contribution in [0.15, 0.2) is 18.3 Å². The maximum atomic E-state index is 12.5. The molecular formula is C11H12F3N5O. The fraction of sp³-hybridized carbons (Fsp3) is 0.364. The lowest BCUT2D eigenvalue weighted by Gasteiger charge is -2.07. The Labute approximate surface area is 112 Å². The van der Waals surface area contributed by atoms with Gasteiger partial charge in [0.2, 0.25) is 0 Å². The standard InChI is InChI=1S/C11H12F3N5O/c1-15-8-5-10(17-9(16-8)6-20-2)19-4-3-7(18-19)11(12,13)14/h3-5H,6H2,1-2H3,(H,15,16,17). The van der Waals surface area contributed by atoms with Crippen molar-refractivity contribution in [2.75, 3.05) is 19.5 Å². The van der Waals surface area contributed by atoms with E-state index in [1.807, 2.05) is 0 Å². The van der Waals surface area contributed by atoms with E-state index in [0.717, 1.165) is 10.7 Å². The first kappa shape index (κ1) is 14.3. The number of hydrogen-bond donors (Lipinski definition) is 1. The van der Waals surface area contributed by atoms with Gasteiger partial charge in [0, 0.05) is 26.4 Å². The predicted octanol–water partition coefficient (Wildman–Crippen LogP) is 1.87. The van der Waals surface area contributed by atoms with Crippen LogP contribution in [0.3, 0.4) is 0 Å². The van der Waals surface area contributed by atoms with E-state index in [4.69, 9.17) is 4.74 Å². The van der Waals surface area contributed by atoms with Crippen LogP contribution in [0.25, 0.3) is 5.82 Å². The molecule has 1 N–H and O–H groups in total. The molecule has 0 saturated carbocycles. The van der Waals surface area contributed by atoms with Gasteiger partial charge in [-0.1, -0.05) is 0 Å². The monoisotopic (exact) mass is 287 g/mol. The summed E-state index contributed by atoms with van der Waals surface area (Å²) in [7, 11) is 3.12. The molecule has 108 valence electrons. The number of nitrogens with zero attached hydrogens (tertiary/aromatic N) is 4. The number of methoxy groups -OCH3 is 1. The van der Waals surface area contributed by atoms with E-state index in [0.29, 0.717) is 11.6 Å². The Morgan fingerprint density at radius 3 is 2.65 bits per heavy atom. The summed E-state index contributed by atoms with van der Waals surface area (Å²) in [5.74, 6) is 1.04. The average molecular weight is 287 g/mol. The molecule has 2 heterocycles. The third-order valence-electron chi connectivity index (χ3n) is 2.40. The van der Waals surface area contributed by atoms with Gasteiger partial charge in [0.1, 0.15) is 12.4 Å². The van der Waals surface area contributed by atoms with Crippen LogP contribution in [0.5, 0.6) is 0 Å². The van der Waals surface area contributed by atoms with Crippen LogP contribution in [0.1, 0.15) is 11.5 Å². The fourth-order valence-corrected chi connectivity index (χ4v) is 1.52. The molecule has 2 aromatic heterocycles. The van der Waals surface area contributed by atoms with Crippen LogP contribution < -0.4 is 5.32 Å². The van der Waals surface area contributed by atoms with Gasteiger partial charge in [-0.15, -0.1) is 0 Å². The minimum absolute atomic E-state index is 0.149. The van der Waals surface area contributed by atoms with Crippen LogP contribution in [-0.4, -0.2) is 33.9 Å². The predicted molar refractivity (Wildman–Crippen MR) is 64.4 cm³/mol. The summed E-state index contributed by atoms with van der Waals surface area (Å²) in [6.07, 6.45) is -3.29. The summed E-state index contributed by atoms with van der Waals surface area (Å²) in [5.41, 5.74) is -0.976. The molecule has 0 radical (unpaired) electrons. The molecule has 20 heavy (non-hydrogen) atoms. The third kappa shape index (κ3) is 3.05. The van der Waals surface area contributed by atoms with Crippen molar-refractivity contribution in [1.82, 2.24) is 19.7 Å². The van der Waals surface area contributed by atoms with Crippen LogP contribution in [0.2, 0.25) is 0 Å². The summed E-state index contributed by atoms with van der Waals surface area (Å²) in [5, 5.41) is 6.26. The number of halogens is 3. The first-order valence-corrected chi connectivity index (χ1v) is 5.62. The zero-order chi connectivity index (χ0) is 14.8. The highest BCUT2D eigenvalue weighted by Gasteiger charge is 2.33. The Balaban J connectivity index is 2.41. The van der Waals surface area contributed by atoms with Crippen LogP contribution in [0, 0.1) is 0 Å². The minimum Gasteiger partial charge on any atom is -0.377 e. The van der Waals surface area contributed by atoms with Crippen LogP contribution in [-0.2, 0) is 17.5 Å². The highest BCUT2D eigenvalue weighted by Crippen LogP contribution is 2.27. The van der Waals surface area contributed by atoms with Crippen molar-refractivity contribution >= 4 is 5.82 Å². The van der Waals surface area contributed by atoms with Gasteiger partial charge >= 0.3 is 6.18 Å². The molecule has 0 aliphatic heterocycles. The fourth-order valence-electron chi connectivity index (χ4n) is 1.52. The number of hydrogen-bond acceptors (Lipinski definition) is 5. The first-order valence-electron chi connectivity index (χ1n) is 5.62. The van der Waals surface area contributed by atoms with E-state index in [1.54, 1.807) is 7.05 Å². The van der Waals surface area contributed by atoms with Gasteiger partial charge in [0.05, 0.1) is 0 Å². The highest BCUT2D eigenvalue weighted by molar-refractivity contribution is 5.40. The van der Waals surface area contributed by atoms with E-state index in [9.17, 15) is 13.2 Å². The van der Waals surface area contributed by atoms with Crippen molar-refractivity contribution < 1.29 is 17.9 Å². The summed E-state index contributed by atoms with van der Waals surface area (Å²) < 4.78 is 43.5. The zero-order valence-corrected chi connectivity index (χ0v) is 10.8. The van der Waals surface area contributed by atoms with Gasteiger partial charge in [-0.25, -0.2) is 14.6 Å². The number of alkyl halides is 3. The van der Waals surface area contributed by atoms with Crippen molar-refractivity contribution in [3.8, 4) is 5.82 Å². The molecule has 0 aliphatic carbocycles. The van der Waals surface area contributed by atoms with Crippen molar-refractivity contribution in [2.45, 2.75) is 12.8 Å². The average Bonchev–Trinajstić information content (AvgIpc) is 2.88. The molecule has 9 heteroatoms. The Morgan fingerprint density at radius 1 is 1.35 bits per heavy atom. The lowest BCUT2D eigenvalue weighted by Crippen LogP contribution is -2.10. The molecule has 2 aromatic rings. The maximum Gasteiger partial charge on any atom is 0.435 e. The molecule has 0 unspecified atom stereocenters. The van der Waals surface area contributed by atoms with Crippen LogP contribution in [0.4, 0.5) is 19.0 Å². The van der Waals surface area contributed by atoms with Gasteiger partial charge in [0.25, 0.3) is 0 Å². The first-order chi connectivity index (χ1) is 9.44. The number of nitrogens with one attached hydrogen (secondary N) is 1. The Kier molecular flexibility index (Phi) is 3.89. The summed E-state index contributed by atoms with van der Waals surface area (Å²) >= 11 is 0. The maximum absolute atomic E-state index is 12.5. The Morgan fingerprint density at radius 2 is 2.10 bits per heavy atom. The molecule has 0 saturated heterocycles. The number of aromatic nitrogens is 4. The van der Waals surface area contributed by atoms with Crippen molar-refractivity contribution in [2.24, 2.45) is 0 Å². The van der Waals surface area contributed by atoms with Gasteiger partial charge in [-0.2, -0.15) is 18.3 Å². The molecule has 0 amide bonds. The number of anilines is 1. The SMILES string of the molecule is CNc1cc(-n2ccc(C(F)(F)F)n2)nc(COC)n1. The van der Waals surface area contributed by atoms with E-state index in [1.165, 1.54) is 19.4 Å². The molecule has 0 aromatic carbocycles. The normalized spacial score (nSPS) is 11.7. The Hall–Kier alpha value is -2.16. The van der Waals surface area contributed by atoms with Crippen molar-refractivity contribution in [3.63, 3.8) is 0 Å². The topological polar surface area (TPSA) is 64.9 Å². The second-order valence-corrected chi connectivity index (χ2v) is 3.85. The largest absolute Gasteiger partial charge is 0.435 e. The molecule has 0 atom stereocenters. The lowest BCUT2D eigenvalue weighted by molar-refractivity contribution is -0.141. The van der Waals surface area contributed by atoms with Gasteiger partial charge in [0.15, 0.2) is 17.3 Å². The van der Waals surface area contributed by atoms with Crippen LogP contribution >= 0.6 is 0 Å². The molecule has 0 fully saturated rings. The smallest absolute Gasteiger partial charge is 0.377 e. The molecule has 2 rings (SSSR count). The summed E-state index contributed by atoms with van der Waals surface area (Å²) in [4.78, 5) is 8.21. The van der Waals surface area contributed by atoms with Gasteiger partial charge in [-0.3, -0.25) is 0 Å². The second kappa shape index (κ2) is 5.45. The quantitative estimate of drug-likeness (QED) is 0.930. The van der Waals surface area contributed by atoms with E-state index < -0.39 is 11.9 Å². The minimum atomic E-state index is -4.49. The lowest BCUT2D eigenvalue weighted by atomic mass is 10.4. The molecule has 0 spiro atoms. The van der Waals surface area contributed by atoms with Crippen molar-refractivity contribution in [1.29, 1.82) is 0 Å². The Bertz CT molecular complexity index is 596. The van der Waals surface area contributed by atoms with Crippen molar-refractivity contribution in [3.05, 3.63) is 29.8 Å². The summed E-state index contributed by atoms with van der Waals surface area (Å²) in [6.45, 7) is 0.149. The molecular weight excluding hydrogens is 275 g/mol. The highest BCUT2D eigenvalue weighted by atomic mass is 19.4. The van der Waals surface area contributed by atoms with E-state index >= 15 is 0 Å². The summed E-state index contributed by atoms with van der Waals surface area (Å²) in [6, 6.07) is 2.38. The second-order valence-electron chi connectivity index (χ2n) is 3.85. The molecule has 0 bridgehead atoms. The molecule has 6 nitrogen and oxygen atoms in total. The number of ether oxygens (including phenoxy) is 1. The van der Waals surface area contributed by atoms with Gasteiger partial charge in [-0.05, 0) is 6.07 Å².